The van der Waals surface area contributed by atoms with E-state index in [0.29, 0.717) is 30.4 Å². The van der Waals surface area contributed by atoms with Crippen LogP contribution in [0, 0.1) is 11.7 Å². The smallest absolute Gasteiger partial charge is 0.247 e. The zero-order chi connectivity index (χ0) is 28.4. The van der Waals surface area contributed by atoms with Crippen molar-refractivity contribution < 1.29 is 43.2 Å². The minimum atomic E-state index is -1.32. The van der Waals surface area contributed by atoms with Crippen molar-refractivity contribution in [3.8, 4) is 11.5 Å². The highest BCUT2D eigenvalue weighted by Gasteiger charge is 2.52. The van der Waals surface area contributed by atoms with E-state index in [4.69, 9.17) is 14.2 Å². The molecule has 2 aliphatic heterocycles. The third-order valence-electron chi connectivity index (χ3n) is 7.63. The Hall–Kier alpha value is -3.80. The Bertz CT molecular complexity index is 1330. The van der Waals surface area contributed by atoms with E-state index in [9.17, 15) is 29.0 Å². The highest BCUT2D eigenvalue weighted by molar-refractivity contribution is 5.96. The number of fused-ring (bicyclic) bond motifs is 3. The third-order valence-corrected chi connectivity index (χ3v) is 7.63. The second-order valence-electron chi connectivity index (χ2n) is 10.0. The molecule has 3 N–H and O–H groups in total. The van der Waals surface area contributed by atoms with Crippen LogP contribution in [0.4, 0.5) is 4.39 Å². The van der Waals surface area contributed by atoms with Gasteiger partial charge < -0.3 is 34.6 Å². The van der Waals surface area contributed by atoms with E-state index >= 15 is 0 Å². The van der Waals surface area contributed by atoms with Crippen LogP contribution in [0.5, 0.6) is 11.5 Å². The van der Waals surface area contributed by atoms with Gasteiger partial charge in [-0.2, -0.15) is 0 Å². The molecule has 1 fully saturated rings. The summed E-state index contributed by atoms with van der Waals surface area (Å²) < 4.78 is 31.8. The largest absolute Gasteiger partial charge is 0.493 e. The number of carbonyl (C=O) groups is 3. The van der Waals surface area contributed by atoms with E-state index in [1.165, 1.54) is 30.2 Å². The number of methoxy groups -OCH3 is 1. The maximum atomic E-state index is 14.8. The maximum Gasteiger partial charge on any atom is 0.247 e. The fraction of sp³-hybridized carbons (Fsp3) is 0.414. The standard InChI is InChI=1S/C29H31FN2O8/c1-38-23-11-16(14-34)10-19-24-20(28(36)31-7-8-33)12-22(25(35)27(24)40-26(19)23)32(29(37)18-6-9-39-15-18)13-17-4-2-3-5-21(17)30/h2-5,10-12,14,18,22,24-25,27,33,35H,6-9,13,15H2,1H3,(H,31,36). The quantitative estimate of drug-likeness (QED) is 0.396. The number of aliphatic hydroxyl groups excluding tert-OH is 2. The average molecular weight is 555 g/mol. The lowest BCUT2D eigenvalue weighted by Gasteiger charge is -2.41. The molecule has 0 saturated carbocycles. The molecular formula is C29H31FN2O8. The summed E-state index contributed by atoms with van der Waals surface area (Å²) in [6, 6.07) is 8.07. The van der Waals surface area contributed by atoms with Gasteiger partial charge in [-0.25, -0.2) is 4.39 Å². The predicted octanol–water partition coefficient (Wildman–Crippen LogP) is 1.33. The summed E-state index contributed by atoms with van der Waals surface area (Å²) in [4.78, 5) is 40.2. The van der Waals surface area contributed by atoms with Crippen LogP contribution in [0.2, 0.25) is 0 Å². The van der Waals surface area contributed by atoms with Gasteiger partial charge in [0.25, 0.3) is 0 Å². The fourth-order valence-electron chi connectivity index (χ4n) is 5.66. The minimum Gasteiger partial charge on any atom is -0.493 e. The molecule has 5 unspecified atom stereocenters. The zero-order valence-electron chi connectivity index (χ0n) is 21.9. The Kier molecular flexibility index (Phi) is 8.15. The van der Waals surface area contributed by atoms with E-state index in [-0.39, 0.29) is 54.8 Å². The molecule has 212 valence electrons. The van der Waals surface area contributed by atoms with Crippen molar-refractivity contribution >= 4 is 18.1 Å². The Morgan fingerprint density at radius 3 is 2.75 bits per heavy atom. The molecule has 2 aromatic carbocycles. The molecule has 11 heteroatoms. The Labute approximate surface area is 230 Å². The number of halogens is 1. The number of aldehydes is 1. The lowest BCUT2D eigenvalue weighted by atomic mass is 9.77. The fourth-order valence-corrected chi connectivity index (χ4v) is 5.66. The molecule has 0 aromatic heterocycles. The van der Waals surface area contributed by atoms with Crippen LogP contribution in [0.3, 0.4) is 0 Å². The molecule has 5 atom stereocenters. The zero-order valence-corrected chi connectivity index (χ0v) is 21.9. The second-order valence-corrected chi connectivity index (χ2v) is 10.0. The normalized spacial score (nSPS) is 24.8. The number of aliphatic hydroxyl groups is 2. The van der Waals surface area contributed by atoms with E-state index in [2.05, 4.69) is 5.32 Å². The van der Waals surface area contributed by atoms with Crippen molar-refractivity contribution in [2.45, 2.75) is 37.1 Å². The van der Waals surface area contributed by atoms with Gasteiger partial charge in [-0.1, -0.05) is 18.2 Å². The molecule has 2 amide bonds. The minimum absolute atomic E-state index is 0.0243. The summed E-state index contributed by atoms with van der Waals surface area (Å²) in [6.45, 7) is 0.125. The van der Waals surface area contributed by atoms with Gasteiger partial charge >= 0.3 is 0 Å². The number of hydrogen-bond acceptors (Lipinski definition) is 8. The molecule has 10 nitrogen and oxygen atoms in total. The second kappa shape index (κ2) is 11.7. The van der Waals surface area contributed by atoms with Gasteiger partial charge in [-0.15, -0.1) is 0 Å². The van der Waals surface area contributed by atoms with E-state index in [0.717, 1.165) is 0 Å². The van der Waals surface area contributed by atoms with Gasteiger partial charge in [0.1, 0.15) is 24.3 Å². The van der Waals surface area contributed by atoms with Crippen molar-refractivity contribution in [3.63, 3.8) is 0 Å². The third kappa shape index (κ3) is 5.07. The van der Waals surface area contributed by atoms with Crippen LogP contribution in [-0.4, -0.2) is 84.9 Å². The van der Waals surface area contributed by atoms with Crippen LogP contribution in [-0.2, 0) is 20.9 Å². The van der Waals surface area contributed by atoms with Crippen molar-refractivity contribution in [2.24, 2.45) is 5.92 Å². The Morgan fingerprint density at radius 1 is 1.27 bits per heavy atom. The van der Waals surface area contributed by atoms with Gasteiger partial charge in [0.2, 0.25) is 11.8 Å². The van der Waals surface area contributed by atoms with E-state index in [1.807, 2.05) is 0 Å². The first-order valence-electron chi connectivity index (χ1n) is 13.1. The molecule has 0 spiro atoms. The molecule has 5 rings (SSSR count). The number of carbonyl (C=O) groups excluding carboxylic acids is 3. The number of rotatable bonds is 9. The van der Waals surface area contributed by atoms with Gasteiger partial charge in [0.05, 0.1) is 38.2 Å². The van der Waals surface area contributed by atoms with Crippen molar-refractivity contribution in [1.29, 1.82) is 0 Å². The monoisotopic (exact) mass is 554 g/mol. The van der Waals surface area contributed by atoms with E-state index < -0.39 is 41.8 Å². The SMILES string of the molecule is COc1cc(C=O)cc2c1OC1C2C(C(=O)NCCO)=CC(N(Cc2ccccc2F)C(=O)C2CCOC2)C1O. The highest BCUT2D eigenvalue weighted by atomic mass is 19.1. The van der Waals surface area contributed by atoms with Crippen LogP contribution in [0.1, 0.15) is 33.8 Å². The molecular weight excluding hydrogens is 523 g/mol. The summed E-state index contributed by atoms with van der Waals surface area (Å²) in [5, 5.41) is 23.7. The Morgan fingerprint density at radius 2 is 2.08 bits per heavy atom. The first-order chi connectivity index (χ1) is 19.4. The first kappa shape index (κ1) is 27.8. The van der Waals surface area contributed by atoms with Crippen LogP contribution in [0.15, 0.2) is 48.0 Å². The van der Waals surface area contributed by atoms with Gasteiger partial charge in [0.15, 0.2) is 11.5 Å². The first-order valence-corrected chi connectivity index (χ1v) is 13.1. The Balaban J connectivity index is 1.61. The molecule has 40 heavy (non-hydrogen) atoms. The van der Waals surface area contributed by atoms with Gasteiger partial charge in [-0.3, -0.25) is 14.4 Å². The summed E-state index contributed by atoms with van der Waals surface area (Å²) >= 11 is 0. The van der Waals surface area contributed by atoms with Crippen molar-refractivity contribution in [2.75, 3.05) is 33.5 Å². The number of amides is 2. The summed E-state index contributed by atoms with van der Waals surface area (Å²) in [6.07, 6.45) is 0.279. The molecule has 2 aromatic rings. The predicted molar refractivity (Wildman–Crippen MR) is 139 cm³/mol. The molecule has 3 aliphatic rings. The summed E-state index contributed by atoms with van der Waals surface area (Å²) in [7, 11) is 1.41. The van der Waals surface area contributed by atoms with Crippen LogP contribution < -0.4 is 14.8 Å². The molecule has 1 aliphatic carbocycles. The molecule has 0 bridgehead atoms. The van der Waals surface area contributed by atoms with E-state index in [1.54, 1.807) is 24.3 Å². The van der Waals surface area contributed by atoms with Gasteiger partial charge in [-0.05, 0) is 30.7 Å². The number of nitrogens with zero attached hydrogens (tertiary/aromatic N) is 1. The number of nitrogens with one attached hydrogen (secondary N) is 1. The van der Waals surface area contributed by atoms with Gasteiger partial charge in [0, 0.05) is 42.0 Å². The summed E-state index contributed by atoms with van der Waals surface area (Å²) in [5.74, 6) is -2.13. The van der Waals surface area contributed by atoms with Crippen LogP contribution >= 0.6 is 0 Å². The molecule has 1 saturated heterocycles. The van der Waals surface area contributed by atoms with Crippen molar-refractivity contribution in [1.82, 2.24) is 10.2 Å². The highest BCUT2D eigenvalue weighted by Crippen LogP contribution is 2.51. The average Bonchev–Trinajstić information content (AvgIpc) is 3.64. The van der Waals surface area contributed by atoms with Crippen molar-refractivity contribution in [3.05, 3.63) is 70.6 Å². The van der Waals surface area contributed by atoms with Crippen LogP contribution in [0.25, 0.3) is 0 Å². The summed E-state index contributed by atoms with van der Waals surface area (Å²) in [5.41, 5.74) is 1.21. The lowest BCUT2D eigenvalue weighted by Crippen LogP contribution is -2.56. The lowest BCUT2D eigenvalue weighted by molar-refractivity contribution is -0.142. The number of hydrogen-bond donors (Lipinski definition) is 3. The molecule has 2 heterocycles. The maximum absolute atomic E-state index is 14.8. The molecule has 0 radical (unpaired) electrons. The number of ether oxygens (including phenoxy) is 3. The topological polar surface area (TPSA) is 135 Å². The number of benzene rings is 2.